The lowest BCUT2D eigenvalue weighted by Gasteiger charge is -2.36. The van der Waals surface area contributed by atoms with Crippen molar-refractivity contribution in [3.63, 3.8) is 0 Å². The van der Waals surface area contributed by atoms with Gasteiger partial charge < -0.3 is 10.0 Å². The summed E-state index contributed by atoms with van der Waals surface area (Å²) in [6.45, 7) is 5.18. The molecule has 0 bridgehead atoms. The molecule has 0 amide bonds. The third-order valence-electron chi connectivity index (χ3n) is 5.78. The normalized spacial score (nSPS) is 16.4. The Morgan fingerprint density at radius 3 is 2.42 bits per heavy atom. The quantitative estimate of drug-likeness (QED) is 0.526. The van der Waals surface area contributed by atoms with Gasteiger partial charge in [0.1, 0.15) is 0 Å². The van der Waals surface area contributed by atoms with Crippen LogP contribution in [0, 0.1) is 0 Å². The van der Waals surface area contributed by atoms with E-state index in [-0.39, 0.29) is 4.90 Å². The highest BCUT2D eigenvalue weighted by molar-refractivity contribution is 7.97. The average Bonchev–Trinajstić information content (AvgIpc) is 2.77. The van der Waals surface area contributed by atoms with Crippen molar-refractivity contribution >= 4 is 27.5 Å². The van der Waals surface area contributed by atoms with Crippen LogP contribution >= 0.6 is 11.8 Å². The lowest BCUT2D eigenvalue weighted by atomic mass is 10.0. The van der Waals surface area contributed by atoms with Crippen molar-refractivity contribution in [3.8, 4) is 0 Å². The molecule has 1 atom stereocenters. The highest BCUT2D eigenvalue weighted by atomic mass is 32.2. The molecule has 0 aromatic heterocycles. The van der Waals surface area contributed by atoms with Crippen LogP contribution in [-0.2, 0) is 15.8 Å². The first-order chi connectivity index (χ1) is 14.9. The SMILES string of the molecule is CSCc1ccc(C(O)CCCCN2CCN(c3ccccc3)CC2)cc1S(N)(=O)=O. The van der Waals surface area contributed by atoms with Crippen molar-refractivity contribution in [2.45, 2.75) is 36.0 Å². The minimum absolute atomic E-state index is 0.120. The second-order valence-electron chi connectivity index (χ2n) is 8.02. The Kier molecular flexibility index (Phi) is 8.80. The van der Waals surface area contributed by atoms with Crippen LogP contribution in [0.15, 0.2) is 53.4 Å². The van der Waals surface area contributed by atoms with Crippen LogP contribution in [0.4, 0.5) is 5.69 Å². The number of unbranched alkanes of at least 4 members (excludes halogenated alkanes) is 1. The molecule has 1 unspecified atom stereocenters. The van der Waals surface area contributed by atoms with Gasteiger partial charge in [0.25, 0.3) is 0 Å². The minimum Gasteiger partial charge on any atom is -0.388 e. The summed E-state index contributed by atoms with van der Waals surface area (Å²) in [7, 11) is -3.81. The number of benzene rings is 2. The van der Waals surface area contributed by atoms with E-state index in [2.05, 4.69) is 34.1 Å². The molecular weight excluding hydrogens is 430 g/mol. The monoisotopic (exact) mass is 463 g/mol. The maximum atomic E-state index is 11.9. The van der Waals surface area contributed by atoms with Crippen LogP contribution in [0.25, 0.3) is 0 Å². The Balaban J connectivity index is 1.44. The van der Waals surface area contributed by atoms with E-state index < -0.39 is 16.1 Å². The van der Waals surface area contributed by atoms with E-state index in [4.69, 9.17) is 5.14 Å². The van der Waals surface area contributed by atoms with Crippen LogP contribution in [-0.4, -0.2) is 57.4 Å². The molecule has 3 rings (SSSR count). The molecule has 170 valence electrons. The highest BCUT2D eigenvalue weighted by Crippen LogP contribution is 2.26. The first kappa shape index (κ1) is 24.1. The van der Waals surface area contributed by atoms with E-state index in [1.807, 2.05) is 18.4 Å². The van der Waals surface area contributed by atoms with E-state index in [0.717, 1.165) is 45.6 Å². The largest absolute Gasteiger partial charge is 0.388 e. The summed E-state index contributed by atoms with van der Waals surface area (Å²) < 4.78 is 23.9. The molecule has 0 radical (unpaired) electrons. The molecule has 8 heteroatoms. The predicted molar refractivity (Wildman–Crippen MR) is 129 cm³/mol. The van der Waals surface area contributed by atoms with Crippen molar-refractivity contribution in [2.75, 3.05) is 43.9 Å². The van der Waals surface area contributed by atoms with Gasteiger partial charge >= 0.3 is 0 Å². The van der Waals surface area contributed by atoms with Crippen molar-refractivity contribution in [2.24, 2.45) is 5.14 Å². The number of aliphatic hydroxyl groups excluding tert-OH is 1. The van der Waals surface area contributed by atoms with Gasteiger partial charge in [-0.2, -0.15) is 11.8 Å². The van der Waals surface area contributed by atoms with Gasteiger partial charge in [0.05, 0.1) is 11.0 Å². The molecule has 1 aliphatic rings. The number of para-hydroxylation sites is 1. The fourth-order valence-electron chi connectivity index (χ4n) is 4.03. The van der Waals surface area contributed by atoms with Crippen molar-refractivity contribution < 1.29 is 13.5 Å². The number of sulfonamides is 1. The zero-order valence-corrected chi connectivity index (χ0v) is 19.7. The Morgan fingerprint density at radius 1 is 1.06 bits per heavy atom. The van der Waals surface area contributed by atoms with Crippen molar-refractivity contribution in [3.05, 3.63) is 59.7 Å². The van der Waals surface area contributed by atoms with E-state index >= 15 is 0 Å². The van der Waals surface area contributed by atoms with Gasteiger partial charge in [0.15, 0.2) is 0 Å². The summed E-state index contributed by atoms with van der Waals surface area (Å²) >= 11 is 1.54. The molecule has 1 heterocycles. The molecule has 0 aliphatic carbocycles. The zero-order valence-electron chi connectivity index (χ0n) is 18.1. The van der Waals surface area contributed by atoms with Crippen LogP contribution in [0.2, 0.25) is 0 Å². The molecule has 1 aliphatic heterocycles. The van der Waals surface area contributed by atoms with Gasteiger partial charge in [0, 0.05) is 37.6 Å². The fourth-order valence-corrected chi connectivity index (χ4v) is 5.49. The smallest absolute Gasteiger partial charge is 0.238 e. The molecule has 1 fully saturated rings. The number of thioether (sulfide) groups is 1. The zero-order chi connectivity index (χ0) is 22.3. The lowest BCUT2D eigenvalue weighted by molar-refractivity contribution is 0.160. The number of hydrogen-bond donors (Lipinski definition) is 2. The number of piperazine rings is 1. The summed E-state index contributed by atoms with van der Waals surface area (Å²) in [5, 5.41) is 15.9. The fraction of sp³-hybridized carbons (Fsp3) is 0.478. The summed E-state index contributed by atoms with van der Waals surface area (Å²) in [4.78, 5) is 5.02. The van der Waals surface area contributed by atoms with E-state index in [9.17, 15) is 13.5 Å². The molecule has 0 spiro atoms. The van der Waals surface area contributed by atoms with Crippen molar-refractivity contribution in [1.29, 1.82) is 0 Å². The number of primary sulfonamides is 1. The topological polar surface area (TPSA) is 86.9 Å². The Labute approximate surface area is 190 Å². The summed E-state index contributed by atoms with van der Waals surface area (Å²) in [5.41, 5.74) is 2.58. The average molecular weight is 464 g/mol. The molecule has 0 saturated carbocycles. The molecular formula is C23H33N3O3S2. The second kappa shape index (κ2) is 11.3. The van der Waals surface area contributed by atoms with Crippen LogP contribution in [0.3, 0.4) is 0 Å². The highest BCUT2D eigenvalue weighted by Gasteiger charge is 2.19. The predicted octanol–water partition coefficient (Wildman–Crippen LogP) is 3.22. The van der Waals surface area contributed by atoms with E-state index in [0.29, 0.717) is 23.3 Å². The molecule has 3 N–H and O–H groups in total. The summed E-state index contributed by atoms with van der Waals surface area (Å²) in [6.07, 6.45) is 3.73. The van der Waals surface area contributed by atoms with Crippen LogP contribution in [0.1, 0.15) is 36.5 Å². The third kappa shape index (κ3) is 6.95. The lowest BCUT2D eigenvalue weighted by Crippen LogP contribution is -2.46. The molecule has 2 aromatic carbocycles. The number of rotatable bonds is 10. The third-order valence-corrected chi connectivity index (χ3v) is 7.37. The van der Waals surface area contributed by atoms with Gasteiger partial charge in [0.2, 0.25) is 10.0 Å². The van der Waals surface area contributed by atoms with Gasteiger partial charge in [-0.25, -0.2) is 13.6 Å². The first-order valence-electron chi connectivity index (χ1n) is 10.7. The van der Waals surface area contributed by atoms with E-state index in [1.165, 1.54) is 23.5 Å². The summed E-state index contributed by atoms with van der Waals surface area (Å²) in [6, 6.07) is 15.6. The number of hydrogen-bond acceptors (Lipinski definition) is 6. The molecule has 6 nitrogen and oxygen atoms in total. The van der Waals surface area contributed by atoms with Gasteiger partial charge in [-0.1, -0.05) is 30.3 Å². The Bertz CT molecular complexity index is 930. The number of anilines is 1. The standard InChI is InChI=1S/C23H33N3O3S2/c1-30-18-20-11-10-19(17-23(20)31(24,28)29)22(27)9-5-6-12-25-13-15-26(16-14-25)21-7-3-2-4-8-21/h2-4,7-8,10-11,17,22,27H,5-6,9,12-16,18H2,1H3,(H2,24,28,29). The maximum Gasteiger partial charge on any atom is 0.238 e. The van der Waals surface area contributed by atoms with Gasteiger partial charge in [-0.3, -0.25) is 4.90 Å². The maximum absolute atomic E-state index is 11.9. The van der Waals surface area contributed by atoms with Gasteiger partial charge in [-0.05, 0) is 61.4 Å². The van der Waals surface area contributed by atoms with Crippen LogP contribution in [0.5, 0.6) is 0 Å². The Morgan fingerprint density at radius 2 is 1.77 bits per heavy atom. The molecule has 2 aromatic rings. The second-order valence-corrected chi connectivity index (χ2v) is 10.4. The van der Waals surface area contributed by atoms with Crippen molar-refractivity contribution in [1.82, 2.24) is 4.90 Å². The number of aliphatic hydroxyl groups is 1. The van der Waals surface area contributed by atoms with Gasteiger partial charge in [-0.15, -0.1) is 0 Å². The number of nitrogens with two attached hydrogens (primary N) is 1. The van der Waals surface area contributed by atoms with Crippen LogP contribution < -0.4 is 10.0 Å². The number of nitrogens with zero attached hydrogens (tertiary/aromatic N) is 2. The minimum atomic E-state index is -3.81. The Hall–Kier alpha value is -1.58. The molecule has 1 saturated heterocycles. The summed E-state index contributed by atoms with van der Waals surface area (Å²) in [5.74, 6) is 0.569. The van der Waals surface area contributed by atoms with E-state index in [1.54, 1.807) is 6.07 Å². The molecule has 31 heavy (non-hydrogen) atoms. The first-order valence-corrected chi connectivity index (χ1v) is 13.7.